The van der Waals surface area contributed by atoms with Gasteiger partial charge in [0.15, 0.2) is 17.2 Å². The summed E-state index contributed by atoms with van der Waals surface area (Å²) < 4.78 is 30.9. The number of carbonyl (C=O) groups excluding carboxylic acids is 1. The summed E-state index contributed by atoms with van der Waals surface area (Å²) in [6, 6.07) is 9.99. The molecule has 0 bridgehead atoms. The zero-order valence-electron chi connectivity index (χ0n) is 19.2. The maximum atomic E-state index is 13.8. The molecule has 3 atom stereocenters. The normalized spacial score (nSPS) is 19.0. The standard InChI is InChI=1S/C25H28ClFN2O5/c1-3-33-20-11-19(14-30)29(13-20)25(31)16-8-21-24(22(9-16)32-2)34-23(28-21)10-17(12-27)15-5-4-6-18(26)7-15/h4-9,17,19-20,30H,3,10-14H2,1-2H3/t17?,19?,20-/m1/s1. The first-order valence-corrected chi connectivity index (χ1v) is 11.7. The van der Waals surface area contributed by atoms with Crippen molar-refractivity contribution in [2.45, 2.75) is 37.8 Å². The Kier molecular flexibility index (Phi) is 7.70. The highest BCUT2D eigenvalue weighted by Gasteiger charge is 2.36. The summed E-state index contributed by atoms with van der Waals surface area (Å²) in [6.45, 7) is 2.11. The molecule has 4 rings (SSSR count). The Balaban J connectivity index is 1.62. The Bertz CT molecular complexity index is 1150. The number of rotatable bonds is 9. The number of likely N-dealkylation sites (tertiary alicyclic amines) is 1. The zero-order valence-corrected chi connectivity index (χ0v) is 19.9. The van der Waals surface area contributed by atoms with Gasteiger partial charge < -0.3 is 23.9 Å². The van der Waals surface area contributed by atoms with Gasteiger partial charge in [-0.1, -0.05) is 23.7 Å². The summed E-state index contributed by atoms with van der Waals surface area (Å²) in [4.78, 5) is 19.5. The quantitative estimate of drug-likeness (QED) is 0.478. The number of ether oxygens (including phenoxy) is 2. The fourth-order valence-electron chi connectivity index (χ4n) is 4.46. The van der Waals surface area contributed by atoms with E-state index in [1.165, 1.54) is 7.11 Å². The molecule has 1 aliphatic rings. The Hall–Kier alpha value is -2.68. The predicted octanol–water partition coefficient (Wildman–Crippen LogP) is 4.40. The zero-order chi connectivity index (χ0) is 24.2. The van der Waals surface area contributed by atoms with E-state index < -0.39 is 12.6 Å². The second-order valence-electron chi connectivity index (χ2n) is 8.35. The highest BCUT2D eigenvalue weighted by molar-refractivity contribution is 6.30. The summed E-state index contributed by atoms with van der Waals surface area (Å²) in [7, 11) is 1.49. The number of amides is 1. The van der Waals surface area contributed by atoms with E-state index in [0.717, 1.165) is 5.56 Å². The number of oxazole rings is 1. The van der Waals surface area contributed by atoms with Crippen LogP contribution in [0.3, 0.4) is 0 Å². The van der Waals surface area contributed by atoms with E-state index in [1.54, 1.807) is 35.2 Å². The number of fused-ring (bicyclic) bond motifs is 1. The third-order valence-corrected chi connectivity index (χ3v) is 6.38. The summed E-state index contributed by atoms with van der Waals surface area (Å²) in [5, 5.41) is 10.3. The molecule has 2 unspecified atom stereocenters. The van der Waals surface area contributed by atoms with E-state index >= 15 is 0 Å². The first-order valence-electron chi connectivity index (χ1n) is 11.3. The number of methoxy groups -OCH3 is 1. The maximum Gasteiger partial charge on any atom is 0.254 e. The molecule has 0 saturated carbocycles. The van der Waals surface area contributed by atoms with Gasteiger partial charge in [0, 0.05) is 36.1 Å². The van der Waals surface area contributed by atoms with Crippen molar-refractivity contribution in [3.63, 3.8) is 0 Å². The minimum Gasteiger partial charge on any atom is -0.493 e. The third-order valence-electron chi connectivity index (χ3n) is 6.14. The molecule has 0 radical (unpaired) electrons. The fourth-order valence-corrected chi connectivity index (χ4v) is 4.66. The number of halogens is 2. The van der Waals surface area contributed by atoms with Crippen LogP contribution in [0.15, 0.2) is 40.8 Å². The second-order valence-corrected chi connectivity index (χ2v) is 8.79. The van der Waals surface area contributed by atoms with Crippen molar-refractivity contribution < 1.29 is 28.2 Å². The average molecular weight is 491 g/mol. The van der Waals surface area contributed by atoms with Gasteiger partial charge in [-0.2, -0.15) is 0 Å². The van der Waals surface area contributed by atoms with Crippen LogP contribution in [0.5, 0.6) is 5.75 Å². The number of aliphatic hydroxyl groups is 1. The number of aliphatic hydroxyl groups excluding tert-OH is 1. The molecule has 1 saturated heterocycles. The third kappa shape index (κ3) is 5.04. The van der Waals surface area contributed by atoms with Crippen LogP contribution in [-0.4, -0.2) is 66.6 Å². The van der Waals surface area contributed by atoms with E-state index in [2.05, 4.69) is 4.98 Å². The van der Waals surface area contributed by atoms with Crippen LogP contribution >= 0.6 is 11.6 Å². The number of nitrogens with zero attached hydrogens (tertiary/aromatic N) is 2. The van der Waals surface area contributed by atoms with Gasteiger partial charge in [-0.25, -0.2) is 4.98 Å². The predicted molar refractivity (Wildman–Crippen MR) is 126 cm³/mol. The maximum absolute atomic E-state index is 13.8. The smallest absolute Gasteiger partial charge is 0.254 e. The number of aromatic nitrogens is 1. The van der Waals surface area contributed by atoms with Crippen LogP contribution in [0.2, 0.25) is 5.02 Å². The van der Waals surface area contributed by atoms with Gasteiger partial charge in [0.2, 0.25) is 0 Å². The number of alkyl halides is 1. The van der Waals surface area contributed by atoms with Crippen molar-refractivity contribution in [3.8, 4) is 5.75 Å². The van der Waals surface area contributed by atoms with Crippen LogP contribution < -0.4 is 4.74 Å². The minimum absolute atomic E-state index is 0.112. The van der Waals surface area contributed by atoms with Crippen molar-refractivity contribution in [1.29, 1.82) is 0 Å². The molecule has 2 aromatic carbocycles. The molecule has 1 fully saturated rings. The minimum atomic E-state index is -0.599. The molecule has 1 amide bonds. The summed E-state index contributed by atoms with van der Waals surface area (Å²) in [6.07, 6.45) is 0.698. The molecule has 1 aromatic heterocycles. The first-order chi connectivity index (χ1) is 16.5. The van der Waals surface area contributed by atoms with Gasteiger partial charge in [-0.3, -0.25) is 9.18 Å². The second kappa shape index (κ2) is 10.7. The Labute approximate surface area is 202 Å². The van der Waals surface area contributed by atoms with Crippen LogP contribution in [0.25, 0.3) is 11.1 Å². The van der Waals surface area contributed by atoms with Gasteiger partial charge >= 0.3 is 0 Å². The Morgan fingerprint density at radius 2 is 2.21 bits per heavy atom. The van der Waals surface area contributed by atoms with E-state index in [-0.39, 0.29) is 31.1 Å². The van der Waals surface area contributed by atoms with Crippen molar-refractivity contribution >= 4 is 28.6 Å². The lowest BCUT2D eigenvalue weighted by Gasteiger charge is -2.23. The molecular formula is C25H28ClFN2O5. The summed E-state index contributed by atoms with van der Waals surface area (Å²) >= 11 is 6.06. The summed E-state index contributed by atoms with van der Waals surface area (Å²) in [5.74, 6) is -0.0116. The number of carbonyl (C=O) groups is 1. The highest BCUT2D eigenvalue weighted by Crippen LogP contribution is 2.32. The molecule has 34 heavy (non-hydrogen) atoms. The van der Waals surface area contributed by atoms with E-state index in [0.29, 0.717) is 52.9 Å². The molecule has 182 valence electrons. The van der Waals surface area contributed by atoms with Crippen molar-refractivity contribution in [2.75, 3.05) is 33.5 Å². The Morgan fingerprint density at radius 3 is 2.88 bits per heavy atom. The van der Waals surface area contributed by atoms with Crippen molar-refractivity contribution in [2.24, 2.45) is 0 Å². The highest BCUT2D eigenvalue weighted by atomic mass is 35.5. The van der Waals surface area contributed by atoms with Gasteiger partial charge in [0.25, 0.3) is 5.91 Å². The topological polar surface area (TPSA) is 85.0 Å². The molecule has 0 aliphatic carbocycles. The van der Waals surface area contributed by atoms with Crippen LogP contribution in [0.4, 0.5) is 4.39 Å². The van der Waals surface area contributed by atoms with Crippen LogP contribution in [-0.2, 0) is 11.2 Å². The molecule has 0 spiro atoms. The molecular weight excluding hydrogens is 463 g/mol. The largest absolute Gasteiger partial charge is 0.493 e. The molecule has 2 heterocycles. The van der Waals surface area contributed by atoms with Crippen molar-refractivity contribution in [1.82, 2.24) is 9.88 Å². The average Bonchev–Trinajstić information content (AvgIpc) is 3.45. The lowest BCUT2D eigenvalue weighted by atomic mass is 9.97. The lowest BCUT2D eigenvalue weighted by molar-refractivity contribution is 0.0579. The van der Waals surface area contributed by atoms with E-state index in [1.807, 2.05) is 13.0 Å². The Morgan fingerprint density at radius 1 is 1.38 bits per heavy atom. The number of benzene rings is 2. The molecule has 1 N–H and O–H groups in total. The van der Waals surface area contributed by atoms with Crippen molar-refractivity contribution in [3.05, 3.63) is 58.4 Å². The fraction of sp³-hybridized carbons (Fsp3) is 0.440. The molecule has 3 aromatic rings. The molecule has 9 heteroatoms. The van der Waals surface area contributed by atoms with E-state index in [9.17, 15) is 14.3 Å². The van der Waals surface area contributed by atoms with Gasteiger partial charge in [-0.15, -0.1) is 0 Å². The first kappa shape index (κ1) is 24.4. The van der Waals surface area contributed by atoms with Gasteiger partial charge in [-0.05, 0) is 43.2 Å². The lowest BCUT2D eigenvalue weighted by Crippen LogP contribution is -2.38. The molecule has 7 nitrogen and oxygen atoms in total. The number of hydrogen-bond acceptors (Lipinski definition) is 6. The van der Waals surface area contributed by atoms with Crippen LogP contribution in [0, 0.1) is 0 Å². The number of hydrogen-bond donors (Lipinski definition) is 1. The molecule has 1 aliphatic heterocycles. The van der Waals surface area contributed by atoms with Gasteiger partial charge in [0.05, 0.1) is 32.5 Å². The van der Waals surface area contributed by atoms with E-state index in [4.69, 9.17) is 25.5 Å². The summed E-state index contributed by atoms with van der Waals surface area (Å²) in [5.41, 5.74) is 1.97. The van der Waals surface area contributed by atoms with Crippen LogP contribution in [0.1, 0.15) is 41.1 Å². The SMILES string of the molecule is CCO[C@@H]1CC(CO)N(C(=O)c2cc(OC)c3oc(CC(CF)c4cccc(Cl)c4)nc3c2)C1. The monoisotopic (exact) mass is 490 g/mol. The van der Waals surface area contributed by atoms with Gasteiger partial charge in [0.1, 0.15) is 5.52 Å².